The lowest BCUT2D eigenvalue weighted by atomic mass is 10.1. The van der Waals surface area contributed by atoms with Crippen LogP contribution in [0, 0.1) is 0 Å². The predicted octanol–water partition coefficient (Wildman–Crippen LogP) is 2.37. The Balaban J connectivity index is 1.51. The molecule has 2 aromatic carbocycles. The van der Waals surface area contributed by atoms with Gasteiger partial charge in [-0.2, -0.15) is 0 Å². The molecule has 0 fully saturated rings. The molecule has 0 bridgehead atoms. The lowest BCUT2D eigenvalue weighted by Crippen LogP contribution is -2.14. The molecular formula is C18H13N7O. The van der Waals surface area contributed by atoms with Crippen molar-refractivity contribution in [1.82, 2.24) is 30.4 Å². The molecule has 0 atom stereocenters. The van der Waals surface area contributed by atoms with E-state index in [1.165, 1.54) is 11.0 Å². The quantitative estimate of drug-likeness (QED) is 0.611. The summed E-state index contributed by atoms with van der Waals surface area (Å²) in [6.07, 6.45) is 1.46. The van der Waals surface area contributed by atoms with Crippen molar-refractivity contribution < 1.29 is 4.79 Å². The molecule has 2 aromatic heterocycles. The van der Waals surface area contributed by atoms with E-state index >= 15 is 0 Å². The Bertz CT molecular complexity index is 1020. The molecule has 0 saturated heterocycles. The van der Waals surface area contributed by atoms with Crippen LogP contribution in [0.5, 0.6) is 0 Å². The highest BCUT2D eigenvalue weighted by Crippen LogP contribution is 2.17. The maximum Gasteiger partial charge on any atom is 0.256 e. The monoisotopic (exact) mass is 343 g/mol. The molecule has 8 heteroatoms. The average Bonchev–Trinajstić information content (AvgIpc) is 3.24. The van der Waals surface area contributed by atoms with Crippen molar-refractivity contribution in [2.24, 2.45) is 0 Å². The van der Waals surface area contributed by atoms with E-state index in [9.17, 15) is 4.79 Å². The van der Waals surface area contributed by atoms with Gasteiger partial charge in [0, 0.05) is 11.1 Å². The van der Waals surface area contributed by atoms with Gasteiger partial charge in [0.2, 0.25) is 0 Å². The topological polar surface area (TPSA) is 98.5 Å². The Morgan fingerprint density at radius 1 is 0.923 bits per heavy atom. The minimum Gasteiger partial charge on any atom is -0.305 e. The molecule has 0 aliphatic rings. The maximum absolute atomic E-state index is 12.5. The molecule has 0 spiro atoms. The number of carbonyl (C=O) groups excluding carboxylic acids is 1. The Morgan fingerprint density at radius 2 is 1.81 bits per heavy atom. The first-order valence-corrected chi connectivity index (χ1v) is 7.83. The van der Waals surface area contributed by atoms with Crippen LogP contribution in [0.2, 0.25) is 0 Å². The van der Waals surface area contributed by atoms with Gasteiger partial charge in [0.1, 0.15) is 6.33 Å². The molecule has 4 aromatic rings. The van der Waals surface area contributed by atoms with Gasteiger partial charge in [-0.1, -0.05) is 36.4 Å². The molecule has 0 aliphatic carbocycles. The van der Waals surface area contributed by atoms with Crippen LogP contribution in [0.1, 0.15) is 10.4 Å². The van der Waals surface area contributed by atoms with E-state index in [4.69, 9.17) is 0 Å². The fourth-order valence-electron chi connectivity index (χ4n) is 2.42. The number of tetrazole rings is 1. The van der Waals surface area contributed by atoms with E-state index in [0.717, 1.165) is 11.3 Å². The van der Waals surface area contributed by atoms with Gasteiger partial charge in [-0.25, -0.2) is 4.68 Å². The molecule has 4 rings (SSSR count). The van der Waals surface area contributed by atoms with E-state index in [0.29, 0.717) is 17.1 Å². The van der Waals surface area contributed by atoms with E-state index in [1.54, 1.807) is 24.3 Å². The Kier molecular flexibility index (Phi) is 4.13. The van der Waals surface area contributed by atoms with Gasteiger partial charge >= 0.3 is 0 Å². The molecule has 2 heterocycles. The van der Waals surface area contributed by atoms with Gasteiger partial charge in [0.25, 0.3) is 5.91 Å². The van der Waals surface area contributed by atoms with Crippen LogP contribution in [0.15, 0.2) is 73.1 Å². The SMILES string of the molecule is O=C(Nc1ccc(-c2ccccc2)nn1)c1cccc(-n2cnnn2)c1. The summed E-state index contributed by atoms with van der Waals surface area (Å²) >= 11 is 0. The third-order valence-electron chi connectivity index (χ3n) is 3.70. The number of anilines is 1. The second-order valence-corrected chi connectivity index (χ2v) is 5.43. The second kappa shape index (κ2) is 6.89. The van der Waals surface area contributed by atoms with Crippen LogP contribution in [-0.4, -0.2) is 36.3 Å². The highest BCUT2D eigenvalue weighted by Gasteiger charge is 2.09. The Morgan fingerprint density at radius 3 is 2.54 bits per heavy atom. The summed E-state index contributed by atoms with van der Waals surface area (Å²) in [5.41, 5.74) is 2.86. The van der Waals surface area contributed by atoms with Crippen molar-refractivity contribution in [3.05, 3.63) is 78.6 Å². The van der Waals surface area contributed by atoms with Crippen LogP contribution in [0.3, 0.4) is 0 Å². The van der Waals surface area contributed by atoms with Crippen molar-refractivity contribution in [3.63, 3.8) is 0 Å². The number of amides is 1. The third kappa shape index (κ3) is 3.29. The van der Waals surface area contributed by atoms with Crippen molar-refractivity contribution >= 4 is 11.7 Å². The highest BCUT2D eigenvalue weighted by atomic mass is 16.1. The van der Waals surface area contributed by atoms with E-state index in [2.05, 4.69) is 31.0 Å². The number of benzene rings is 2. The van der Waals surface area contributed by atoms with Gasteiger partial charge in [0.15, 0.2) is 5.82 Å². The summed E-state index contributed by atoms with van der Waals surface area (Å²) in [6, 6.07) is 20.2. The molecule has 0 saturated carbocycles. The lowest BCUT2D eigenvalue weighted by Gasteiger charge is -2.06. The van der Waals surface area contributed by atoms with Gasteiger partial charge in [0.05, 0.1) is 11.4 Å². The van der Waals surface area contributed by atoms with Crippen LogP contribution < -0.4 is 5.32 Å². The first-order valence-electron chi connectivity index (χ1n) is 7.83. The van der Waals surface area contributed by atoms with Gasteiger partial charge in [-0.05, 0) is 40.8 Å². The number of hydrogen-bond donors (Lipinski definition) is 1. The van der Waals surface area contributed by atoms with Gasteiger partial charge < -0.3 is 5.32 Å². The van der Waals surface area contributed by atoms with Gasteiger partial charge in [-0.15, -0.1) is 15.3 Å². The van der Waals surface area contributed by atoms with Crippen LogP contribution in [0.4, 0.5) is 5.82 Å². The third-order valence-corrected chi connectivity index (χ3v) is 3.70. The van der Waals surface area contributed by atoms with Crippen LogP contribution in [-0.2, 0) is 0 Å². The fraction of sp³-hybridized carbons (Fsp3) is 0. The molecule has 1 amide bonds. The summed E-state index contributed by atoms with van der Waals surface area (Å²) in [4.78, 5) is 12.5. The van der Waals surface area contributed by atoms with Crippen molar-refractivity contribution in [1.29, 1.82) is 0 Å². The summed E-state index contributed by atoms with van der Waals surface area (Å²) in [5.74, 6) is 0.0872. The predicted molar refractivity (Wildman–Crippen MR) is 94.6 cm³/mol. The Labute approximate surface area is 148 Å². The highest BCUT2D eigenvalue weighted by molar-refractivity contribution is 6.04. The molecular weight excluding hydrogens is 330 g/mol. The fourth-order valence-corrected chi connectivity index (χ4v) is 2.42. The van der Waals surface area contributed by atoms with E-state index in [-0.39, 0.29) is 5.91 Å². The molecule has 0 unspecified atom stereocenters. The van der Waals surface area contributed by atoms with Crippen molar-refractivity contribution in [2.45, 2.75) is 0 Å². The zero-order valence-corrected chi connectivity index (χ0v) is 13.5. The van der Waals surface area contributed by atoms with Crippen molar-refractivity contribution in [2.75, 3.05) is 5.32 Å². The Hall–Kier alpha value is -3.94. The number of nitrogens with zero attached hydrogens (tertiary/aromatic N) is 6. The molecule has 0 radical (unpaired) electrons. The summed E-state index contributed by atoms with van der Waals surface area (Å²) < 4.78 is 1.48. The normalized spacial score (nSPS) is 10.5. The summed E-state index contributed by atoms with van der Waals surface area (Å²) in [6.45, 7) is 0. The molecule has 1 N–H and O–H groups in total. The molecule has 126 valence electrons. The second-order valence-electron chi connectivity index (χ2n) is 5.43. The summed E-state index contributed by atoms with van der Waals surface area (Å²) in [5, 5.41) is 22.0. The number of nitrogens with one attached hydrogen (secondary N) is 1. The lowest BCUT2D eigenvalue weighted by molar-refractivity contribution is 0.102. The first-order chi connectivity index (χ1) is 12.8. The molecule has 26 heavy (non-hydrogen) atoms. The minimum absolute atomic E-state index is 0.290. The summed E-state index contributed by atoms with van der Waals surface area (Å²) in [7, 11) is 0. The first kappa shape index (κ1) is 15.6. The van der Waals surface area contributed by atoms with Gasteiger partial charge in [-0.3, -0.25) is 4.79 Å². The van der Waals surface area contributed by atoms with Crippen molar-refractivity contribution in [3.8, 4) is 16.9 Å². The number of aromatic nitrogens is 6. The zero-order chi connectivity index (χ0) is 17.8. The zero-order valence-electron chi connectivity index (χ0n) is 13.5. The minimum atomic E-state index is -0.290. The molecule has 0 aliphatic heterocycles. The average molecular weight is 343 g/mol. The smallest absolute Gasteiger partial charge is 0.256 e. The number of carbonyl (C=O) groups is 1. The largest absolute Gasteiger partial charge is 0.305 e. The van der Waals surface area contributed by atoms with Crippen LogP contribution in [0.25, 0.3) is 16.9 Å². The number of hydrogen-bond acceptors (Lipinski definition) is 6. The number of rotatable bonds is 4. The standard InChI is InChI=1S/C18H13N7O/c26-18(14-7-4-8-15(11-14)25-12-19-23-24-25)20-17-10-9-16(21-22-17)13-5-2-1-3-6-13/h1-12H,(H,20,22,26). The molecule has 8 nitrogen and oxygen atoms in total. The van der Waals surface area contributed by atoms with E-state index < -0.39 is 0 Å². The maximum atomic E-state index is 12.5. The van der Waals surface area contributed by atoms with Crippen LogP contribution >= 0.6 is 0 Å². The van der Waals surface area contributed by atoms with E-state index in [1.807, 2.05) is 42.5 Å².